The summed E-state index contributed by atoms with van der Waals surface area (Å²) < 4.78 is 10.2. The number of methoxy groups -OCH3 is 1. The molecule has 0 bridgehead atoms. The number of nitrogens with zero attached hydrogens (tertiary/aromatic N) is 1. The molecule has 3 rings (SSSR count). The number of H-pyrrole nitrogens is 1. The van der Waals surface area contributed by atoms with Gasteiger partial charge in [-0.2, -0.15) is 0 Å². The Labute approximate surface area is 154 Å². The summed E-state index contributed by atoms with van der Waals surface area (Å²) in [6, 6.07) is 5.12. The number of aryl methyl sites for hydroxylation is 1. The van der Waals surface area contributed by atoms with Gasteiger partial charge in [-0.3, -0.25) is 9.59 Å². The van der Waals surface area contributed by atoms with Crippen LogP contribution in [0.25, 0.3) is 11.1 Å². The summed E-state index contributed by atoms with van der Waals surface area (Å²) >= 11 is 0. The van der Waals surface area contributed by atoms with E-state index in [9.17, 15) is 14.4 Å². The van der Waals surface area contributed by atoms with E-state index in [1.165, 1.54) is 14.0 Å². The molecule has 140 valence electrons. The number of aromatic amines is 1. The zero-order chi connectivity index (χ0) is 19.7. The second-order valence-electron chi connectivity index (χ2n) is 6.17. The third-order valence-electron chi connectivity index (χ3n) is 4.18. The van der Waals surface area contributed by atoms with Crippen LogP contribution in [-0.2, 0) is 16.0 Å². The summed E-state index contributed by atoms with van der Waals surface area (Å²) in [5, 5.41) is 2.76. The van der Waals surface area contributed by atoms with Gasteiger partial charge in [-0.05, 0) is 30.7 Å². The second kappa shape index (κ2) is 7.06. The van der Waals surface area contributed by atoms with Gasteiger partial charge in [0.1, 0.15) is 5.52 Å². The number of esters is 1. The average molecular weight is 369 g/mol. The second-order valence-corrected chi connectivity index (χ2v) is 6.17. The monoisotopic (exact) mass is 369 g/mol. The molecule has 0 aliphatic rings. The smallest absolute Gasteiger partial charge is 0.339 e. The molecule has 2 aromatic heterocycles. The van der Waals surface area contributed by atoms with Gasteiger partial charge >= 0.3 is 5.97 Å². The van der Waals surface area contributed by atoms with Gasteiger partial charge in [0.05, 0.1) is 24.8 Å². The molecular formula is C19H19N3O5. The van der Waals surface area contributed by atoms with E-state index in [1.807, 2.05) is 0 Å². The van der Waals surface area contributed by atoms with E-state index in [4.69, 9.17) is 9.15 Å². The maximum atomic E-state index is 12.5. The summed E-state index contributed by atoms with van der Waals surface area (Å²) in [5.74, 6) is -0.638. The van der Waals surface area contributed by atoms with Crippen LogP contribution in [0.5, 0.6) is 0 Å². The highest BCUT2D eigenvalue weighted by Gasteiger charge is 2.24. The average Bonchev–Trinajstić information content (AvgIpc) is 3.12. The van der Waals surface area contributed by atoms with Gasteiger partial charge in [0.15, 0.2) is 17.3 Å². The van der Waals surface area contributed by atoms with Crippen LogP contribution >= 0.6 is 0 Å². The van der Waals surface area contributed by atoms with Crippen molar-refractivity contribution in [2.45, 2.75) is 27.2 Å². The minimum Gasteiger partial charge on any atom is -0.465 e. The Morgan fingerprint density at radius 1 is 1.26 bits per heavy atom. The number of nitrogens with one attached hydrogen (secondary N) is 2. The number of ether oxygens (including phenoxy) is 1. The number of ketones is 1. The Hall–Kier alpha value is -3.42. The molecule has 8 heteroatoms. The van der Waals surface area contributed by atoms with Crippen LogP contribution < -0.4 is 5.32 Å². The number of hydrogen-bond donors (Lipinski definition) is 2. The quantitative estimate of drug-likeness (QED) is 0.528. The molecule has 1 amide bonds. The van der Waals surface area contributed by atoms with E-state index in [-0.39, 0.29) is 29.4 Å². The molecule has 2 heterocycles. The fraction of sp³-hybridized carbons (Fsp3) is 0.263. The van der Waals surface area contributed by atoms with Crippen molar-refractivity contribution in [3.8, 4) is 0 Å². The molecule has 1 aromatic carbocycles. The maximum absolute atomic E-state index is 12.5. The van der Waals surface area contributed by atoms with Gasteiger partial charge in [0.25, 0.3) is 0 Å². The third-order valence-corrected chi connectivity index (χ3v) is 4.18. The Balaban J connectivity index is 1.85. The molecule has 3 aromatic rings. The molecule has 0 aliphatic carbocycles. The SMILES string of the molecule is COC(=O)c1c(CC(=O)Nc2ccc3oc(C)nc3c2)[nH]c(C(C)=O)c1C. The lowest BCUT2D eigenvalue weighted by Crippen LogP contribution is -2.17. The Morgan fingerprint density at radius 3 is 2.67 bits per heavy atom. The lowest BCUT2D eigenvalue weighted by atomic mass is 10.1. The molecule has 0 atom stereocenters. The van der Waals surface area contributed by atoms with Crippen molar-refractivity contribution in [3.05, 3.63) is 46.6 Å². The zero-order valence-corrected chi connectivity index (χ0v) is 15.4. The van der Waals surface area contributed by atoms with Crippen LogP contribution in [0.3, 0.4) is 0 Å². The molecule has 0 unspecified atom stereocenters. The van der Waals surface area contributed by atoms with Crippen molar-refractivity contribution >= 4 is 34.4 Å². The van der Waals surface area contributed by atoms with E-state index >= 15 is 0 Å². The van der Waals surface area contributed by atoms with Crippen LogP contribution in [-0.4, -0.2) is 34.7 Å². The minimum absolute atomic E-state index is 0.117. The number of rotatable bonds is 5. The first-order valence-electron chi connectivity index (χ1n) is 8.28. The summed E-state index contributed by atoms with van der Waals surface area (Å²) in [6.45, 7) is 4.77. The molecule has 8 nitrogen and oxygen atoms in total. The first-order valence-corrected chi connectivity index (χ1v) is 8.28. The number of hydrogen-bond acceptors (Lipinski definition) is 6. The number of anilines is 1. The van der Waals surface area contributed by atoms with Gasteiger partial charge in [0, 0.05) is 25.2 Å². The normalized spacial score (nSPS) is 10.8. The number of fused-ring (bicyclic) bond motifs is 1. The molecular weight excluding hydrogens is 350 g/mol. The first kappa shape index (κ1) is 18.4. The van der Waals surface area contributed by atoms with Crippen LogP contribution in [0.15, 0.2) is 22.6 Å². The highest BCUT2D eigenvalue weighted by atomic mass is 16.5. The van der Waals surface area contributed by atoms with Crippen molar-refractivity contribution in [3.63, 3.8) is 0 Å². The summed E-state index contributed by atoms with van der Waals surface area (Å²) in [6.07, 6.45) is -0.117. The number of amides is 1. The minimum atomic E-state index is -0.599. The lowest BCUT2D eigenvalue weighted by Gasteiger charge is -2.06. The number of benzene rings is 1. The lowest BCUT2D eigenvalue weighted by molar-refractivity contribution is -0.115. The van der Waals surface area contributed by atoms with Crippen LogP contribution in [0, 0.1) is 13.8 Å². The maximum Gasteiger partial charge on any atom is 0.339 e. The Morgan fingerprint density at radius 2 is 2.00 bits per heavy atom. The molecule has 0 saturated heterocycles. The predicted octanol–water partition coefficient (Wildman–Crippen LogP) is 2.94. The number of carbonyl (C=O) groups excluding carboxylic acids is 3. The summed E-state index contributed by atoms with van der Waals surface area (Å²) in [4.78, 5) is 43.4. The van der Waals surface area contributed by atoms with Gasteiger partial charge in [0.2, 0.25) is 5.91 Å². The van der Waals surface area contributed by atoms with E-state index < -0.39 is 5.97 Å². The topological polar surface area (TPSA) is 114 Å². The van der Waals surface area contributed by atoms with Crippen molar-refractivity contribution in [2.24, 2.45) is 0 Å². The Kier molecular flexibility index (Phi) is 4.81. The number of oxazole rings is 1. The van der Waals surface area contributed by atoms with E-state index in [0.717, 1.165) is 0 Å². The molecule has 0 radical (unpaired) electrons. The molecule has 0 saturated carbocycles. The van der Waals surface area contributed by atoms with Crippen molar-refractivity contribution in [2.75, 3.05) is 12.4 Å². The van der Waals surface area contributed by atoms with Gasteiger partial charge < -0.3 is 19.5 Å². The Bertz CT molecular complexity index is 1060. The highest BCUT2D eigenvalue weighted by molar-refractivity contribution is 6.02. The molecule has 0 fully saturated rings. The molecule has 0 spiro atoms. The van der Waals surface area contributed by atoms with Crippen LogP contribution in [0.1, 0.15) is 44.9 Å². The van der Waals surface area contributed by atoms with Crippen molar-refractivity contribution in [1.29, 1.82) is 0 Å². The number of aromatic nitrogens is 2. The molecule has 27 heavy (non-hydrogen) atoms. The van der Waals surface area contributed by atoms with Crippen LogP contribution in [0.2, 0.25) is 0 Å². The van der Waals surface area contributed by atoms with Gasteiger partial charge in [-0.15, -0.1) is 0 Å². The number of carbonyl (C=O) groups is 3. The van der Waals surface area contributed by atoms with Gasteiger partial charge in [-0.25, -0.2) is 9.78 Å². The third kappa shape index (κ3) is 3.59. The largest absolute Gasteiger partial charge is 0.465 e. The first-order chi connectivity index (χ1) is 12.8. The van der Waals surface area contributed by atoms with Crippen LogP contribution in [0.4, 0.5) is 5.69 Å². The van der Waals surface area contributed by atoms with E-state index in [1.54, 1.807) is 32.0 Å². The van der Waals surface area contributed by atoms with Gasteiger partial charge in [-0.1, -0.05) is 0 Å². The molecule has 0 aliphatic heterocycles. The zero-order valence-electron chi connectivity index (χ0n) is 15.4. The highest BCUT2D eigenvalue weighted by Crippen LogP contribution is 2.22. The predicted molar refractivity (Wildman–Crippen MR) is 98.0 cm³/mol. The summed E-state index contributed by atoms with van der Waals surface area (Å²) in [5.41, 5.74) is 3.12. The fourth-order valence-corrected chi connectivity index (χ4v) is 3.01. The standard InChI is InChI=1S/C19H19N3O5/c1-9-17(19(25)26-4)14(22-18(9)10(2)23)8-16(24)21-12-5-6-15-13(7-12)20-11(3)27-15/h5-7,22H,8H2,1-4H3,(H,21,24). The van der Waals surface area contributed by atoms with Crippen molar-refractivity contribution < 1.29 is 23.5 Å². The molecule has 2 N–H and O–H groups in total. The van der Waals surface area contributed by atoms with E-state index in [0.29, 0.717) is 33.9 Å². The van der Waals surface area contributed by atoms with Crippen molar-refractivity contribution in [1.82, 2.24) is 9.97 Å². The van der Waals surface area contributed by atoms with E-state index in [2.05, 4.69) is 15.3 Å². The summed E-state index contributed by atoms with van der Waals surface area (Å²) in [7, 11) is 1.25. The number of Topliss-reactive ketones (excluding diaryl/α,β-unsaturated/α-hetero) is 1. The fourth-order valence-electron chi connectivity index (χ4n) is 3.01.